The molecule has 0 radical (unpaired) electrons. The normalized spacial score (nSPS) is 17.9. The van der Waals surface area contributed by atoms with Crippen molar-refractivity contribution < 1.29 is 27.2 Å². The van der Waals surface area contributed by atoms with Gasteiger partial charge in [-0.05, 0) is 54.3 Å². The van der Waals surface area contributed by atoms with Crippen molar-refractivity contribution in [3.63, 3.8) is 0 Å². The first kappa shape index (κ1) is 24.5. The van der Waals surface area contributed by atoms with Crippen LogP contribution in [0.25, 0.3) is 0 Å². The Morgan fingerprint density at radius 1 is 1.18 bits per heavy atom. The van der Waals surface area contributed by atoms with Crippen molar-refractivity contribution in [1.29, 1.82) is 0 Å². The van der Waals surface area contributed by atoms with Crippen molar-refractivity contribution in [2.45, 2.75) is 43.7 Å². The van der Waals surface area contributed by atoms with Crippen LogP contribution in [0.1, 0.15) is 25.1 Å². The summed E-state index contributed by atoms with van der Waals surface area (Å²) in [6.45, 7) is 3.51. The van der Waals surface area contributed by atoms with E-state index in [2.05, 4.69) is 20.3 Å². The van der Waals surface area contributed by atoms with Crippen LogP contribution in [0.4, 0.5) is 4.39 Å². The number of carbonyl (C=O) groups excluding carboxylic acids is 3. The number of rotatable bonds is 6. The number of nitrogens with zero attached hydrogens (tertiary/aromatic N) is 1. The van der Waals surface area contributed by atoms with Gasteiger partial charge in [-0.1, -0.05) is 13.8 Å². The van der Waals surface area contributed by atoms with E-state index < -0.39 is 51.4 Å². The number of benzene rings is 1. The average molecular weight is 477 g/mol. The van der Waals surface area contributed by atoms with Crippen LogP contribution in [0.2, 0.25) is 0 Å². The molecule has 2 amide bonds. The zero-order valence-corrected chi connectivity index (χ0v) is 19.0. The zero-order valence-electron chi connectivity index (χ0n) is 18.2. The number of amides is 2. The predicted octanol–water partition coefficient (Wildman–Crippen LogP) is 0.492. The highest BCUT2D eigenvalue weighted by Gasteiger charge is 2.33. The van der Waals surface area contributed by atoms with Gasteiger partial charge in [0.1, 0.15) is 17.9 Å². The molecule has 9 nitrogen and oxygen atoms in total. The number of Topliss-reactive ketones (excluding diaryl/α,β-unsaturated/α-hetero) is 1. The maximum absolute atomic E-state index is 13.2. The molecule has 0 fully saturated rings. The number of nitrogens with one attached hydrogen (secondary N) is 3. The van der Waals surface area contributed by atoms with Gasteiger partial charge in [-0.25, -0.2) is 12.8 Å². The Balaban J connectivity index is 1.83. The van der Waals surface area contributed by atoms with Crippen LogP contribution in [0.15, 0.2) is 47.5 Å². The monoisotopic (exact) mass is 476 g/mol. The van der Waals surface area contributed by atoms with Gasteiger partial charge >= 0.3 is 0 Å². The van der Waals surface area contributed by atoms with Crippen molar-refractivity contribution in [1.82, 2.24) is 20.3 Å². The van der Waals surface area contributed by atoms with Crippen molar-refractivity contribution in [3.05, 3.63) is 59.7 Å². The highest BCUT2D eigenvalue weighted by molar-refractivity contribution is 7.89. The minimum Gasteiger partial charge on any atom is -0.349 e. The average Bonchev–Trinajstić information content (AvgIpc) is 2.76. The molecule has 176 valence electrons. The van der Waals surface area contributed by atoms with Crippen LogP contribution in [-0.4, -0.2) is 49.6 Å². The molecule has 2 heterocycles. The van der Waals surface area contributed by atoms with Crippen LogP contribution < -0.4 is 15.4 Å². The quantitative estimate of drug-likeness (QED) is 0.520. The second-order valence-corrected chi connectivity index (χ2v) is 9.80. The molecule has 2 bridgehead atoms. The molecule has 0 saturated heterocycles. The summed E-state index contributed by atoms with van der Waals surface area (Å²) in [6, 6.07) is 5.28. The third-order valence-electron chi connectivity index (χ3n) is 5.21. The Morgan fingerprint density at radius 3 is 2.55 bits per heavy atom. The van der Waals surface area contributed by atoms with E-state index in [-0.39, 0.29) is 17.9 Å². The number of hydrogen-bond acceptors (Lipinski definition) is 6. The predicted molar refractivity (Wildman–Crippen MR) is 117 cm³/mol. The first-order valence-corrected chi connectivity index (χ1v) is 11.9. The third kappa shape index (κ3) is 6.20. The summed E-state index contributed by atoms with van der Waals surface area (Å²) in [7, 11) is -4.15. The number of sulfonamides is 1. The van der Waals surface area contributed by atoms with Crippen LogP contribution in [0, 0.1) is 11.7 Å². The molecule has 1 aliphatic rings. The van der Waals surface area contributed by atoms with E-state index in [9.17, 15) is 27.2 Å². The highest BCUT2D eigenvalue weighted by atomic mass is 32.2. The Hall–Kier alpha value is -3.18. The van der Waals surface area contributed by atoms with Crippen LogP contribution in [0.3, 0.4) is 0 Å². The largest absolute Gasteiger partial charge is 0.349 e. The van der Waals surface area contributed by atoms with Gasteiger partial charge in [0.15, 0.2) is 0 Å². The fourth-order valence-electron chi connectivity index (χ4n) is 3.38. The van der Waals surface area contributed by atoms with Crippen molar-refractivity contribution >= 4 is 27.6 Å². The van der Waals surface area contributed by atoms with E-state index in [1.54, 1.807) is 32.2 Å². The van der Waals surface area contributed by atoms with E-state index in [0.717, 1.165) is 29.8 Å². The van der Waals surface area contributed by atoms with E-state index >= 15 is 0 Å². The van der Waals surface area contributed by atoms with E-state index in [1.807, 2.05) is 0 Å². The van der Waals surface area contributed by atoms with E-state index in [1.165, 1.54) is 0 Å². The fourth-order valence-corrected chi connectivity index (χ4v) is 4.73. The minimum atomic E-state index is -4.15. The summed E-state index contributed by atoms with van der Waals surface area (Å²) in [5, 5.41) is 5.04. The number of carbonyl (C=O) groups is 3. The van der Waals surface area contributed by atoms with Gasteiger partial charge in [-0.2, -0.15) is 4.72 Å². The van der Waals surface area contributed by atoms with Gasteiger partial charge in [0.05, 0.1) is 4.90 Å². The molecule has 33 heavy (non-hydrogen) atoms. The number of halogens is 1. The molecule has 0 aliphatic carbocycles. The van der Waals surface area contributed by atoms with Gasteiger partial charge in [0.25, 0.3) is 5.91 Å². The van der Waals surface area contributed by atoms with Gasteiger partial charge in [0, 0.05) is 24.9 Å². The summed E-state index contributed by atoms with van der Waals surface area (Å²) in [5.74, 6) is -3.54. The van der Waals surface area contributed by atoms with Crippen LogP contribution in [-0.2, 0) is 37.2 Å². The van der Waals surface area contributed by atoms with E-state index in [0.29, 0.717) is 12.1 Å². The number of hydrogen-bond donors (Lipinski definition) is 3. The van der Waals surface area contributed by atoms with Gasteiger partial charge in [0.2, 0.25) is 21.7 Å². The molecule has 3 N–H and O–H groups in total. The molecule has 3 rings (SSSR count). The fraction of sp³-hybridized carbons (Fsp3) is 0.364. The highest BCUT2D eigenvalue weighted by Crippen LogP contribution is 2.14. The Labute approximate surface area is 191 Å². The standard InChI is InChI=1S/C22H25FN4O5S/c1-13(2)19(27-33(31,32)17-5-3-15(23)4-6-17)21(29)26-18-12-16-11-14(7-9-24-16)8-10-25-22(30)20(18)28/h3-7,9,11,13,18-19,27H,8,10,12H2,1-2H3,(H,25,30)(H,26,29). The maximum atomic E-state index is 13.2. The molecule has 1 aromatic carbocycles. The molecular weight excluding hydrogens is 451 g/mol. The summed E-state index contributed by atoms with van der Waals surface area (Å²) in [6.07, 6.45) is 2.10. The van der Waals surface area contributed by atoms with Crippen molar-refractivity contribution in [3.8, 4) is 0 Å². The van der Waals surface area contributed by atoms with Gasteiger partial charge in [-0.15, -0.1) is 0 Å². The topological polar surface area (TPSA) is 134 Å². The second-order valence-electron chi connectivity index (χ2n) is 8.09. The summed E-state index contributed by atoms with van der Waals surface area (Å²) in [4.78, 5) is 42.0. The molecule has 2 unspecified atom stereocenters. The molecular formula is C22H25FN4O5S. The molecule has 2 aromatic rings. The molecule has 0 spiro atoms. The number of pyridine rings is 1. The lowest BCUT2D eigenvalue weighted by Gasteiger charge is -2.25. The Bertz CT molecular complexity index is 1150. The molecule has 1 aromatic heterocycles. The van der Waals surface area contributed by atoms with Gasteiger partial charge < -0.3 is 10.6 Å². The third-order valence-corrected chi connectivity index (χ3v) is 6.66. The first-order chi connectivity index (χ1) is 15.6. The number of aromatic nitrogens is 1. The minimum absolute atomic E-state index is 0.0264. The van der Waals surface area contributed by atoms with Crippen LogP contribution >= 0.6 is 0 Å². The number of ketones is 1. The van der Waals surface area contributed by atoms with Crippen LogP contribution in [0.5, 0.6) is 0 Å². The van der Waals surface area contributed by atoms with Gasteiger partial charge in [-0.3, -0.25) is 19.4 Å². The zero-order chi connectivity index (χ0) is 24.2. The van der Waals surface area contributed by atoms with Crippen molar-refractivity contribution in [2.75, 3.05) is 6.54 Å². The lowest BCUT2D eigenvalue weighted by atomic mass is 10.00. The smallest absolute Gasteiger partial charge is 0.289 e. The second kappa shape index (κ2) is 10.2. The summed E-state index contributed by atoms with van der Waals surface area (Å²) in [5.41, 5.74) is 1.45. The number of fused-ring (bicyclic) bond motifs is 2. The first-order valence-electron chi connectivity index (χ1n) is 10.4. The SMILES string of the molecule is CC(C)C(NS(=O)(=O)c1ccc(F)cc1)C(=O)NC1Cc2cc(ccn2)CCNC(=O)C1=O. The summed E-state index contributed by atoms with van der Waals surface area (Å²) >= 11 is 0. The molecule has 2 atom stereocenters. The lowest BCUT2D eigenvalue weighted by Crippen LogP contribution is -2.56. The Morgan fingerprint density at radius 2 is 1.88 bits per heavy atom. The lowest BCUT2D eigenvalue weighted by molar-refractivity contribution is -0.140. The molecule has 1 aliphatic heterocycles. The summed E-state index contributed by atoms with van der Waals surface area (Å²) < 4.78 is 40.9. The molecule has 0 saturated carbocycles. The van der Waals surface area contributed by atoms with Crippen molar-refractivity contribution in [2.24, 2.45) is 5.92 Å². The molecule has 11 heteroatoms. The maximum Gasteiger partial charge on any atom is 0.289 e. The van der Waals surface area contributed by atoms with E-state index in [4.69, 9.17) is 0 Å². The Kier molecular flexibility index (Phi) is 7.54.